The van der Waals surface area contributed by atoms with Crippen molar-refractivity contribution in [2.75, 3.05) is 26.4 Å². The van der Waals surface area contributed by atoms with Crippen LogP contribution in [0.15, 0.2) is 48.0 Å². The minimum Gasteiger partial charge on any atom is -0.507 e. The lowest BCUT2D eigenvalue weighted by Crippen LogP contribution is -2.30. The van der Waals surface area contributed by atoms with Crippen molar-refractivity contribution in [2.45, 2.75) is 53.0 Å². The van der Waals surface area contributed by atoms with Gasteiger partial charge >= 0.3 is 0 Å². The van der Waals surface area contributed by atoms with Crippen LogP contribution in [0.3, 0.4) is 0 Å². The van der Waals surface area contributed by atoms with Gasteiger partial charge in [-0.05, 0) is 57.0 Å². The van der Waals surface area contributed by atoms with Gasteiger partial charge in [0.15, 0.2) is 0 Å². The number of carbonyl (C=O) groups excluding carboxylic acids is 2. The second-order valence-corrected chi connectivity index (χ2v) is 8.23. The maximum absolute atomic E-state index is 13.3. The highest BCUT2D eigenvalue weighted by molar-refractivity contribution is 6.46. The predicted octanol–water partition coefficient (Wildman–Crippen LogP) is 5.49. The first kappa shape index (κ1) is 26.1. The molecule has 0 saturated carbocycles. The van der Waals surface area contributed by atoms with Gasteiger partial charge in [-0.1, -0.05) is 31.9 Å². The van der Waals surface area contributed by atoms with Crippen molar-refractivity contribution in [2.24, 2.45) is 0 Å². The molecule has 7 nitrogen and oxygen atoms in total. The number of amides is 1. The number of ether oxygens (including phenoxy) is 3. The van der Waals surface area contributed by atoms with E-state index in [0.29, 0.717) is 49.2 Å². The van der Waals surface area contributed by atoms with E-state index in [-0.39, 0.29) is 11.3 Å². The molecular formula is C28H35NO6. The van der Waals surface area contributed by atoms with Crippen molar-refractivity contribution < 1.29 is 28.9 Å². The SMILES string of the molecule is CCCCCN1C(=O)C(=O)/C(=C(\O)c2ccc(OCC)cc2OCC)C1c1ccc(OCC)cc1. The van der Waals surface area contributed by atoms with Crippen LogP contribution in [0.2, 0.25) is 0 Å². The Labute approximate surface area is 207 Å². The van der Waals surface area contributed by atoms with E-state index >= 15 is 0 Å². The summed E-state index contributed by atoms with van der Waals surface area (Å²) in [5.41, 5.74) is 1.13. The molecule has 1 atom stereocenters. The number of ketones is 1. The zero-order chi connectivity index (χ0) is 25.4. The number of aliphatic hydroxyl groups is 1. The van der Waals surface area contributed by atoms with Crippen LogP contribution in [0.25, 0.3) is 5.76 Å². The molecule has 1 aliphatic heterocycles. The molecule has 3 rings (SSSR count). The molecule has 35 heavy (non-hydrogen) atoms. The number of hydrogen-bond acceptors (Lipinski definition) is 6. The van der Waals surface area contributed by atoms with E-state index in [1.807, 2.05) is 45.0 Å². The number of unbranched alkanes of at least 4 members (excludes halogenated alkanes) is 2. The molecule has 0 bridgehead atoms. The van der Waals surface area contributed by atoms with Crippen LogP contribution in [0.1, 0.15) is 64.1 Å². The van der Waals surface area contributed by atoms with Crippen molar-refractivity contribution in [3.8, 4) is 17.2 Å². The average molecular weight is 482 g/mol. The number of Topliss-reactive ketones (excluding diaryl/α,β-unsaturated/α-hetero) is 1. The summed E-state index contributed by atoms with van der Waals surface area (Å²) in [5, 5.41) is 11.4. The van der Waals surface area contributed by atoms with Crippen molar-refractivity contribution in [1.29, 1.82) is 0 Å². The van der Waals surface area contributed by atoms with Crippen LogP contribution in [-0.2, 0) is 9.59 Å². The van der Waals surface area contributed by atoms with Gasteiger partial charge in [-0.15, -0.1) is 0 Å². The fourth-order valence-corrected chi connectivity index (χ4v) is 4.28. The molecule has 1 aliphatic rings. The van der Waals surface area contributed by atoms with Crippen LogP contribution >= 0.6 is 0 Å². The standard InChI is InChI=1S/C28H35NO6/c1-5-9-10-17-29-25(19-11-13-20(14-12-19)33-6-2)24(27(31)28(29)32)26(30)22-16-15-21(34-7-3)18-23(22)35-8-4/h11-16,18,25,30H,5-10,17H2,1-4H3/b26-24-. The molecule has 0 aromatic heterocycles. The van der Waals surface area contributed by atoms with Gasteiger partial charge in [0.25, 0.3) is 11.7 Å². The summed E-state index contributed by atoms with van der Waals surface area (Å²) in [4.78, 5) is 27.9. The van der Waals surface area contributed by atoms with Crippen molar-refractivity contribution in [1.82, 2.24) is 4.90 Å². The number of nitrogens with zero attached hydrogens (tertiary/aromatic N) is 1. The molecular weight excluding hydrogens is 446 g/mol. The van der Waals surface area contributed by atoms with Gasteiger partial charge in [0.05, 0.1) is 37.0 Å². The molecule has 2 aromatic carbocycles. The fourth-order valence-electron chi connectivity index (χ4n) is 4.28. The Morgan fingerprint density at radius 1 is 0.857 bits per heavy atom. The third-order valence-corrected chi connectivity index (χ3v) is 5.87. The Morgan fingerprint density at radius 2 is 1.49 bits per heavy atom. The van der Waals surface area contributed by atoms with Crippen LogP contribution < -0.4 is 14.2 Å². The Balaban J connectivity index is 2.13. The quantitative estimate of drug-likeness (QED) is 0.187. The summed E-state index contributed by atoms with van der Waals surface area (Å²) in [7, 11) is 0. The summed E-state index contributed by atoms with van der Waals surface area (Å²) < 4.78 is 16.9. The summed E-state index contributed by atoms with van der Waals surface area (Å²) in [6.07, 6.45) is 2.69. The van der Waals surface area contributed by atoms with Gasteiger partial charge in [0.1, 0.15) is 23.0 Å². The Bertz CT molecular complexity index is 1060. The topological polar surface area (TPSA) is 85.3 Å². The number of aliphatic hydroxyl groups excluding tert-OH is 1. The molecule has 1 N–H and O–H groups in total. The maximum atomic E-state index is 13.3. The van der Waals surface area contributed by atoms with Crippen LogP contribution in [0, 0.1) is 0 Å². The van der Waals surface area contributed by atoms with Gasteiger partial charge in [-0.2, -0.15) is 0 Å². The molecule has 0 spiro atoms. The van der Waals surface area contributed by atoms with E-state index in [1.165, 1.54) is 0 Å². The Hall–Kier alpha value is -3.48. The Morgan fingerprint density at radius 3 is 2.11 bits per heavy atom. The molecule has 1 unspecified atom stereocenters. The molecule has 1 saturated heterocycles. The second kappa shape index (κ2) is 12.3. The molecule has 2 aromatic rings. The first-order valence-electron chi connectivity index (χ1n) is 12.4. The van der Waals surface area contributed by atoms with Crippen LogP contribution in [0.4, 0.5) is 0 Å². The fraction of sp³-hybridized carbons (Fsp3) is 0.429. The van der Waals surface area contributed by atoms with E-state index in [0.717, 1.165) is 24.8 Å². The highest BCUT2D eigenvalue weighted by Gasteiger charge is 2.46. The second-order valence-electron chi connectivity index (χ2n) is 8.23. The molecule has 0 radical (unpaired) electrons. The van der Waals surface area contributed by atoms with Crippen molar-refractivity contribution in [3.63, 3.8) is 0 Å². The summed E-state index contributed by atoms with van der Waals surface area (Å²) >= 11 is 0. The van der Waals surface area contributed by atoms with Gasteiger partial charge in [0.2, 0.25) is 0 Å². The summed E-state index contributed by atoms with van der Waals surface area (Å²) in [6.45, 7) is 9.51. The van der Waals surface area contributed by atoms with E-state index in [1.54, 1.807) is 23.1 Å². The minimum atomic E-state index is -0.705. The average Bonchev–Trinajstić information content (AvgIpc) is 3.10. The monoisotopic (exact) mass is 481 g/mol. The lowest BCUT2D eigenvalue weighted by atomic mass is 9.94. The van der Waals surface area contributed by atoms with E-state index < -0.39 is 17.7 Å². The zero-order valence-electron chi connectivity index (χ0n) is 21.0. The number of benzene rings is 2. The van der Waals surface area contributed by atoms with Gasteiger partial charge < -0.3 is 24.2 Å². The van der Waals surface area contributed by atoms with E-state index in [4.69, 9.17) is 14.2 Å². The molecule has 188 valence electrons. The third-order valence-electron chi connectivity index (χ3n) is 5.87. The molecule has 1 heterocycles. The molecule has 7 heteroatoms. The van der Waals surface area contributed by atoms with Crippen molar-refractivity contribution in [3.05, 3.63) is 59.2 Å². The predicted molar refractivity (Wildman–Crippen MR) is 135 cm³/mol. The smallest absolute Gasteiger partial charge is 0.295 e. The van der Waals surface area contributed by atoms with Crippen LogP contribution in [0.5, 0.6) is 17.2 Å². The molecule has 1 fully saturated rings. The van der Waals surface area contributed by atoms with Gasteiger partial charge in [-0.3, -0.25) is 9.59 Å². The molecule has 1 amide bonds. The molecule has 0 aliphatic carbocycles. The van der Waals surface area contributed by atoms with E-state index in [2.05, 4.69) is 6.92 Å². The largest absolute Gasteiger partial charge is 0.507 e. The third kappa shape index (κ3) is 5.78. The van der Waals surface area contributed by atoms with Crippen molar-refractivity contribution >= 4 is 17.4 Å². The zero-order valence-corrected chi connectivity index (χ0v) is 21.0. The normalized spacial score (nSPS) is 17.0. The lowest BCUT2D eigenvalue weighted by Gasteiger charge is -2.25. The number of hydrogen-bond donors (Lipinski definition) is 1. The first-order valence-corrected chi connectivity index (χ1v) is 12.4. The summed E-state index contributed by atoms with van der Waals surface area (Å²) in [6, 6.07) is 11.7. The number of carbonyl (C=O) groups is 2. The first-order chi connectivity index (χ1) is 17.0. The number of likely N-dealkylation sites (tertiary alicyclic amines) is 1. The number of rotatable bonds is 12. The highest BCUT2D eigenvalue weighted by atomic mass is 16.5. The van der Waals surface area contributed by atoms with Gasteiger partial charge in [-0.25, -0.2) is 0 Å². The van der Waals surface area contributed by atoms with E-state index in [9.17, 15) is 14.7 Å². The minimum absolute atomic E-state index is 0.0563. The van der Waals surface area contributed by atoms with Gasteiger partial charge in [0, 0.05) is 12.6 Å². The highest BCUT2D eigenvalue weighted by Crippen LogP contribution is 2.42. The van der Waals surface area contributed by atoms with Crippen LogP contribution in [-0.4, -0.2) is 48.1 Å². The lowest BCUT2D eigenvalue weighted by molar-refractivity contribution is -0.139. The summed E-state index contributed by atoms with van der Waals surface area (Å²) in [5.74, 6) is 0.116. The Kier molecular flexibility index (Phi) is 9.18. The maximum Gasteiger partial charge on any atom is 0.295 e.